The summed E-state index contributed by atoms with van der Waals surface area (Å²) in [5.74, 6) is -0.226. The van der Waals surface area contributed by atoms with Crippen molar-refractivity contribution in [1.29, 1.82) is 5.26 Å². The molecule has 0 aliphatic carbocycles. The Hall–Kier alpha value is -3.56. The zero-order chi connectivity index (χ0) is 19.4. The Morgan fingerprint density at radius 3 is 2.81 bits per heavy atom. The summed E-state index contributed by atoms with van der Waals surface area (Å²) in [6.45, 7) is 0. The number of anilines is 1. The number of rotatable bonds is 4. The van der Waals surface area contributed by atoms with E-state index in [0.717, 1.165) is 0 Å². The van der Waals surface area contributed by atoms with Crippen molar-refractivity contribution in [3.8, 4) is 11.8 Å². The van der Waals surface area contributed by atoms with Crippen molar-refractivity contribution in [1.82, 2.24) is 0 Å². The third-order valence-electron chi connectivity index (χ3n) is 3.78. The molecule has 0 atom stereocenters. The van der Waals surface area contributed by atoms with Gasteiger partial charge in [0.05, 0.1) is 23.7 Å². The van der Waals surface area contributed by atoms with Crippen LogP contribution >= 0.6 is 11.6 Å². The van der Waals surface area contributed by atoms with E-state index in [2.05, 4.69) is 5.32 Å². The molecule has 0 spiro atoms. The smallest absolute Gasteiger partial charge is 0.266 e. The zero-order valence-electron chi connectivity index (χ0n) is 14.2. The van der Waals surface area contributed by atoms with Crippen molar-refractivity contribution in [2.24, 2.45) is 0 Å². The number of carbonyl (C=O) groups is 1. The van der Waals surface area contributed by atoms with Crippen molar-refractivity contribution in [2.45, 2.75) is 0 Å². The topological polar surface area (TPSA) is 92.3 Å². The van der Waals surface area contributed by atoms with Crippen LogP contribution in [0.2, 0.25) is 5.02 Å². The molecular formula is C20H13ClN2O4. The second-order valence-electron chi connectivity index (χ2n) is 5.48. The standard InChI is InChI=1S/C20H13ClN2O4/c1-26-18-5-3-2-4-16(18)23-20(25)12(10-22)8-13-11-27-17-7-6-14(21)9-15(17)19(13)24/h2-9,11H,1H3,(H,23,25)/b12-8+. The predicted molar refractivity (Wildman–Crippen MR) is 103 cm³/mol. The van der Waals surface area contributed by atoms with Crippen molar-refractivity contribution in [2.75, 3.05) is 12.4 Å². The summed E-state index contributed by atoms with van der Waals surface area (Å²) >= 11 is 5.92. The highest BCUT2D eigenvalue weighted by atomic mass is 35.5. The van der Waals surface area contributed by atoms with Gasteiger partial charge in [0.2, 0.25) is 0 Å². The van der Waals surface area contributed by atoms with Gasteiger partial charge in [-0.15, -0.1) is 0 Å². The lowest BCUT2D eigenvalue weighted by atomic mass is 10.1. The van der Waals surface area contributed by atoms with Crippen LogP contribution in [0.5, 0.6) is 5.75 Å². The van der Waals surface area contributed by atoms with Crippen LogP contribution in [-0.2, 0) is 4.79 Å². The molecule has 0 radical (unpaired) electrons. The lowest BCUT2D eigenvalue weighted by molar-refractivity contribution is -0.112. The van der Waals surface area contributed by atoms with Gasteiger partial charge in [-0.2, -0.15) is 5.26 Å². The van der Waals surface area contributed by atoms with Crippen LogP contribution in [0.3, 0.4) is 0 Å². The molecule has 0 saturated heterocycles. The van der Waals surface area contributed by atoms with Gasteiger partial charge in [0, 0.05) is 5.02 Å². The molecule has 3 aromatic rings. The first-order valence-electron chi connectivity index (χ1n) is 7.80. The second-order valence-corrected chi connectivity index (χ2v) is 5.92. The first-order valence-corrected chi connectivity index (χ1v) is 8.18. The lowest BCUT2D eigenvalue weighted by Crippen LogP contribution is -2.15. The van der Waals surface area contributed by atoms with E-state index in [0.29, 0.717) is 22.0 Å². The Kier molecular flexibility index (Phi) is 5.25. The summed E-state index contributed by atoms with van der Waals surface area (Å²) in [5.41, 5.74) is 0.185. The number of benzene rings is 2. The van der Waals surface area contributed by atoms with E-state index < -0.39 is 11.3 Å². The van der Waals surface area contributed by atoms with Crippen LogP contribution in [0.1, 0.15) is 5.56 Å². The number of carbonyl (C=O) groups excluding carboxylic acids is 1. The molecule has 0 aliphatic rings. The molecular weight excluding hydrogens is 368 g/mol. The van der Waals surface area contributed by atoms with Gasteiger partial charge in [-0.1, -0.05) is 23.7 Å². The third-order valence-corrected chi connectivity index (χ3v) is 4.02. The third kappa shape index (κ3) is 3.84. The molecule has 134 valence electrons. The summed E-state index contributed by atoms with van der Waals surface area (Å²) in [7, 11) is 1.47. The van der Waals surface area contributed by atoms with Gasteiger partial charge in [0.25, 0.3) is 5.91 Å². The number of amides is 1. The van der Waals surface area contributed by atoms with Crippen molar-refractivity contribution in [3.05, 3.63) is 75.1 Å². The van der Waals surface area contributed by atoms with Crippen LogP contribution in [0, 0.1) is 11.3 Å². The number of halogens is 1. The van der Waals surface area contributed by atoms with E-state index >= 15 is 0 Å². The number of nitrogens with one attached hydrogen (secondary N) is 1. The second kappa shape index (κ2) is 7.77. The minimum atomic E-state index is -0.674. The minimum absolute atomic E-state index is 0.0662. The van der Waals surface area contributed by atoms with E-state index in [4.69, 9.17) is 20.8 Å². The molecule has 0 bridgehead atoms. The van der Waals surface area contributed by atoms with E-state index in [9.17, 15) is 14.9 Å². The highest BCUT2D eigenvalue weighted by Crippen LogP contribution is 2.24. The van der Waals surface area contributed by atoms with Crippen molar-refractivity contribution >= 4 is 40.2 Å². The van der Waals surface area contributed by atoms with Gasteiger partial charge >= 0.3 is 0 Å². The van der Waals surface area contributed by atoms with E-state index in [-0.39, 0.29) is 16.5 Å². The van der Waals surface area contributed by atoms with E-state index in [1.165, 1.54) is 25.5 Å². The molecule has 1 N–H and O–H groups in total. The maximum atomic E-state index is 12.6. The largest absolute Gasteiger partial charge is 0.495 e. The molecule has 27 heavy (non-hydrogen) atoms. The highest BCUT2D eigenvalue weighted by molar-refractivity contribution is 6.31. The first-order chi connectivity index (χ1) is 13.0. The number of nitriles is 1. The molecule has 0 fully saturated rings. The number of ether oxygens (including phenoxy) is 1. The van der Waals surface area contributed by atoms with Gasteiger partial charge in [0.15, 0.2) is 5.43 Å². The average Bonchev–Trinajstić information content (AvgIpc) is 2.68. The quantitative estimate of drug-likeness (QED) is 0.545. The Morgan fingerprint density at radius 2 is 2.07 bits per heavy atom. The Labute approximate surface area is 159 Å². The Morgan fingerprint density at radius 1 is 1.30 bits per heavy atom. The van der Waals surface area contributed by atoms with Gasteiger partial charge in [-0.25, -0.2) is 0 Å². The van der Waals surface area contributed by atoms with Crippen LogP contribution in [0.4, 0.5) is 5.69 Å². The molecule has 1 amide bonds. The number of hydrogen-bond donors (Lipinski definition) is 1. The molecule has 7 heteroatoms. The fourth-order valence-corrected chi connectivity index (χ4v) is 2.63. The molecule has 1 heterocycles. The van der Waals surface area contributed by atoms with Crippen LogP contribution < -0.4 is 15.5 Å². The number of para-hydroxylation sites is 2. The summed E-state index contributed by atoms with van der Waals surface area (Å²) in [6.07, 6.45) is 2.38. The maximum absolute atomic E-state index is 12.6. The molecule has 3 rings (SSSR count). The predicted octanol–water partition coefficient (Wildman–Crippen LogP) is 4.00. The molecule has 6 nitrogen and oxygen atoms in total. The molecule has 1 aromatic heterocycles. The highest BCUT2D eigenvalue weighted by Gasteiger charge is 2.14. The number of nitrogens with zero attached hydrogens (tertiary/aromatic N) is 1. The first kappa shape index (κ1) is 18.2. The summed E-state index contributed by atoms with van der Waals surface area (Å²) < 4.78 is 10.6. The maximum Gasteiger partial charge on any atom is 0.266 e. The van der Waals surface area contributed by atoms with Gasteiger partial charge in [0.1, 0.15) is 29.2 Å². The van der Waals surface area contributed by atoms with Gasteiger partial charge in [-0.05, 0) is 36.4 Å². The normalized spacial score (nSPS) is 11.1. The average molecular weight is 381 g/mol. The minimum Gasteiger partial charge on any atom is -0.495 e. The monoisotopic (exact) mass is 380 g/mol. The number of hydrogen-bond acceptors (Lipinski definition) is 5. The fourth-order valence-electron chi connectivity index (χ4n) is 2.46. The van der Waals surface area contributed by atoms with Crippen LogP contribution in [-0.4, -0.2) is 13.0 Å². The van der Waals surface area contributed by atoms with Crippen molar-refractivity contribution in [3.63, 3.8) is 0 Å². The van der Waals surface area contributed by atoms with Crippen LogP contribution in [0.15, 0.2) is 63.5 Å². The van der Waals surface area contributed by atoms with E-state index in [1.54, 1.807) is 42.5 Å². The number of fused-ring (bicyclic) bond motifs is 1. The molecule has 0 saturated carbocycles. The summed E-state index contributed by atoms with van der Waals surface area (Å²) in [4.78, 5) is 25.0. The number of methoxy groups -OCH3 is 1. The summed E-state index contributed by atoms with van der Waals surface area (Å²) in [5, 5.41) is 12.6. The van der Waals surface area contributed by atoms with Gasteiger partial charge < -0.3 is 14.5 Å². The van der Waals surface area contributed by atoms with Gasteiger partial charge in [-0.3, -0.25) is 9.59 Å². The fraction of sp³-hybridized carbons (Fsp3) is 0.0500. The Balaban J connectivity index is 1.98. The SMILES string of the molecule is COc1ccccc1NC(=O)/C(C#N)=C/c1coc2ccc(Cl)cc2c1=O. The molecule has 0 unspecified atom stereocenters. The Bertz CT molecular complexity index is 1160. The lowest BCUT2D eigenvalue weighted by Gasteiger charge is -2.09. The molecule has 2 aromatic carbocycles. The van der Waals surface area contributed by atoms with Crippen LogP contribution in [0.25, 0.3) is 17.0 Å². The van der Waals surface area contributed by atoms with Crippen molar-refractivity contribution < 1.29 is 13.9 Å². The zero-order valence-corrected chi connectivity index (χ0v) is 14.9. The molecule has 0 aliphatic heterocycles. The van der Waals surface area contributed by atoms with E-state index in [1.807, 2.05) is 0 Å². The summed E-state index contributed by atoms with van der Waals surface area (Å²) in [6, 6.07) is 13.2.